The van der Waals surface area contributed by atoms with Crippen LogP contribution in [-0.2, 0) is 40.1 Å². The Morgan fingerprint density at radius 2 is 1.74 bits per heavy atom. The summed E-state index contributed by atoms with van der Waals surface area (Å²) in [6, 6.07) is 6.05. The summed E-state index contributed by atoms with van der Waals surface area (Å²) in [7, 11) is -2.11. The topological polar surface area (TPSA) is 204 Å². The van der Waals surface area contributed by atoms with E-state index in [0.717, 1.165) is 29.6 Å². The van der Waals surface area contributed by atoms with Gasteiger partial charge >= 0.3 is 5.69 Å². The molecule has 0 radical (unpaired) electrons. The number of sulfonamides is 1. The summed E-state index contributed by atoms with van der Waals surface area (Å²) in [5.74, 6) is -1.84. The molecule has 0 fully saturated rings. The summed E-state index contributed by atoms with van der Waals surface area (Å²) in [5.41, 5.74) is -1.04. The quantitative estimate of drug-likeness (QED) is 0.284. The highest BCUT2D eigenvalue weighted by atomic mass is 32.2. The molecule has 0 unspecified atom stereocenters. The molecule has 0 saturated heterocycles. The molecule has 3 aromatic rings. The van der Waals surface area contributed by atoms with E-state index in [9.17, 15) is 32.4 Å². The Labute approximate surface area is 246 Å². The smallest absolute Gasteiger partial charge is 0.330 e. The summed E-state index contributed by atoms with van der Waals surface area (Å²) < 4.78 is 35.8. The summed E-state index contributed by atoms with van der Waals surface area (Å²) in [5, 5.41) is 8.10. The lowest BCUT2D eigenvalue weighted by atomic mass is 10.0. The van der Waals surface area contributed by atoms with Gasteiger partial charge in [0.05, 0.1) is 0 Å². The van der Waals surface area contributed by atoms with Crippen LogP contribution in [0.1, 0.15) is 54.2 Å². The van der Waals surface area contributed by atoms with Crippen LogP contribution in [0.25, 0.3) is 0 Å². The molecule has 4 N–H and O–H groups in total. The van der Waals surface area contributed by atoms with E-state index in [1.165, 1.54) is 14.0 Å². The SMILES string of the molecule is C[C@@H]1NC(=O)[C@@H](NS(=O)(=O)c2cn(C)c(=O)n(C)c2=O)CCCCNC(=O)[C@H](Cc2ccccc2)NC(=O)c2coc1n2. The fourth-order valence-corrected chi connectivity index (χ4v) is 5.91. The lowest BCUT2D eigenvalue weighted by molar-refractivity contribution is -0.124. The fraction of sp³-hybridized carbons (Fsp3) is 0.407. The number of carbonyl (C=O) groups excluding carboxylic acids is 3. The van der Waals surface area contributed by atoms with E-state index in [-0.39, 0.29) is 31.0 Å². The highest BCUT2D eigenvalue weighted by molar-refractivity contribution is 7.89. The van der Waals surface area contributed by atoms with Crippen molar-refractivity contribution < 1.29 is 27.2 Å². The van der Waals surface area contributed by atoms with E-state index in [1.54, 1.807) is 0 Å². The van der Waals surface area contributed by atoms with E-state index in [1.807, 2.05) is 30.3 Å². The number of aromatic nitrogens is 3. The van der Waals surface area contributed by atoms with Crippen LogP contribution in [0.3, 0.4) is 0 Å². The third-order valence-electron chi connectivity index (χ3n) is 6.93. The van der Waals surface area contributed by atoms with Crippen LogP contribution >= 0.6 is 0 Å². The zero-order valence-corrected chi connectivity index (χ0v) is 24.6. The first-order valence-electron chi connectivity index (χ1n) is 13.5. The van der Waals surface area contributed by atoms with Crippen molar-refractivity contribution in [1.29, 1.82) is 0 Å². The third kappa shape index (κ3) is 7.45. The van der Waals surface area contributed by atoms with Gasteiger partial charge in [-0.15, -0.1) is 0 Å². The number of nitrogens with one attached hydrogen (secondary N) is 4. The minimum Gasteiger partial charge on any atom is -0.446 e. The molecule has 230 valence electrons. The van der Waals surface area contributed by atoms with Crippen LogP contribution in [0.15, 0.2) is 61.7 Å². The summed E-state index contributed by atoms with van der Waals surface area (Å²) >= 11 is 0. The predicted octanol–water partition coefficient (Wildman–Crippen LogP) is -0.762. The molecule has 0 saturated carbocycles. The Morgan fingerprint density at radius 3 is 2.47 bits per heavy atom. The average Bonchev–Trinajstić information content (AvgIpc) is 3.47. The van der Waals surface area contributed by atoms with Gasteiger partial charge in [-0.1, -0.05) is 30.3 Å². The molecule has 16 heteroatoms. The normalized spacial score (nSPS) is 20.6. The molecular weight excluding hydrogens is 582 g/mol. The standard InChI is InChI=1S/C27H33N7O8S/c1-16-25-31-20(15-42-25)24(37)30-19(13-17-9-5-4-6-10-17)22(35)28-12-8-7-11-18(23(36)29-16)32-43(40,41)21-14-33(2)27(39)34(3)26(21)38/h4-6,9-10,14-16,18-19,32H,7-8,11-13H2,1-3H3,(H,28,35)(H,29,36)(H,30,37)/t16-,18-,19-/m0/s1. The van der Waals surface area contributed by atoms with Crippen molar-refractivity contribution in [2.75, 3.05) is 6.54 Å². The van der Waals surface area contributed by atoms with Crippen LogP contribution in [0.4, 0.5) is 0 Å². The Balaban J connectivity index is 1.59. The van der Waals surface area contributed by atoms with Gasteiger partial charge in [0, 0.05) is 33.3 Å². The van der Waals surface area contributed by atoms with Crippen LogP contribution in [-0.4, -0.2) is 58.9 Å². The van der Waals surface area contributed by atoms with Gasteiger partial charge in [0.2, 0.25) is 27.7 Å². The molecule has 2 bridgehead atoms. The largest absolute Gasteiger partial charge is 0.446 e. The second-order valence-corrected chi connectivity index (χ2v) is 11.9. The number of benzene rings is 1. The zero-order valence-electron chi connectivity index (χ0n) is 23.8. The second kappa shape index (κ2) is 13.2. The number of hydrogen-bond acceptors (Lipinski definition) is 9. The second-order valence-electron chi connectivity index (χ2n) is 10.2. The molecule has 3 atom stereocenters. The third-order valence-corrected chi connectivity index (χ3v) is 8.38. The van der Waals surface area contributed by atoms with Crippen molar-refractivity contribution in [2.45, 2.75) is 55.6 Å². The number of fused-ring (bicyclic) bond motifs is 2. The average molecular weight is 616 g/mol. The van der Waals surface area contributed by atoms with Gasteiger partial charge in [0.1, 0.15) is 24.4 Å². The number of rotatable bonds is 5. The van der Waals surface area contributed by atoms with Gasteiger partial charge in [-0.2, -0.15) is 4.72 Å². The van der Waals surface area contributed by atoms with Gasteiger partial charge in [-0.3, -0.25) is 23.7 Å². The van der Waals surface area contributed by atoms with Crippen molar-refractivity contribution in [1.82, 2.24) is 34.8 Å². The van der Waals surface area contributed by atoms with Crippen molar-refractivity contribution in [3.63, 3.8) is 0 Å². The molecule has 1 aliphatic rings. The van der Waals surface area contributed by atoms with E-state index in [2.05, 4.69) is 25.7 Å². The van der Waals surface area contributed by atoms with Crippen molar-refractivity contribution in [3.05, 3.63) is 80.8 Å². The molecule has 1 aromatic carbocycles. The van der Waals surface area contributed by atoms with E-state index in [4.69, 9.17) is 4.42 Å². The molecule has 15 nitrogen and oxygen atoms in total. The maximum Gasteiger partial charge on any atom is 0.330 e. The minimum absolute atomic E-state index is 0.0146. The fourth-order valence-electron chi connectivity index (χ4n) is 4.52. The van der Waals surface area contributed by atoms with E-state index < -0.39 is 62.0 Å². The first-order chi connectivity index (χ1) is 20.4. The van der Waals surface area contributed by atoms with Gasteiger partial charge in [-0.25, -0.2) is 18.2 Å². The first kappa shape index (κ1) is 31.4. The lowest BCUT2D eigenvalue weighted by Gasteiger charge is -2.21. The lowest BCUT2D eigenvalue weighted by Crippen LogP contribution is -2.49. The van der Waals surface area contributed by atoms with Gasteiger partial charge in [0.25, 0.3) is 11.5 Å². The van der Waals surface area contributed by atoms with Gasteiger partial charge in [-0.05, 0) is 31.7 Å². The molecule has 43 heavy (non-hydrogen) atoms. The number of amides is 3. The molecule has 3 amide bonds. The number of oxazole rings is 1. The Kier molecular flexibility index (Phi) is 9.60. The van der Waals surface area contributed by atoms with Crippen LogP contribution in [0.2, 0.25) is 0 Å². The maximum absolute atomic E-state index is 13.3. The highest BCUT2D eigenvalue weighted by Gasteiger charge is 2.31. The Morgan fingerprint density at radius 1 is 1.02 bits per heavy atom. The maximum atomic E-state index is 13.3. The molecule has 0 spiro atoms. The van der Waals surface area contributed by atoms with Crippen molar-refractivity contribution in [2.24, 2.45) is 14.1 Å². The molecule has 0 aliphatic carbocycles. The Hall–Kier alpha value is -4.57. The number of aryl methyl sites for hydroxylation is 1. The predicted molar refractivity (Wildman–Crippen MR) is 152 cm³/mol. The minimum atomic E-state index is -4.55. The van der Waals surface area contributed by atoms with Gasteiger partial charge < -0.3 is 24.9 Å². The zero-order chi connectivity index (χ0) is 31.3. The molecule has 2 aromatic heterocycles. The van der Waals surface area contributed by atoms with E-state index in [0.29, 0.717) is 17.4 Å². The van der Waals surface area contributed by atoms with Crippen LogP contribution < -0.4 is 31.9 Å². The summed E-state index contributed by atoms with van der Waals surface area (Å²) in [4.78, 5) is 67.4. The van der Waals surface area contributed by atoms with Crippen LogP contribution in [0.5, 0.6) is 0 Å². The summed E-state index contributed by atoms with van der Waals surface area (Å²) in [6.07, 6.45) is 2.91. The molecular formula is C27H33N7O8S. The highest BCUT2D eigenvalue weighted by Crippen LogP contribution is 2.15. The number of hydrogen-bond donors (Lipinski definition) is 4. The van der Waals surface area contributed by atoms with E-state index >= 15 is 0 Å². The number of nitrogens with zero attached hydrogens (tertiary/aromatic N) is 3. The molecule has 1 aliphatic heterocycles. The van der Waals surface area contributed by atoms with Gasteiger partial charge in [0.15, 0.2) is 10.6 Å². The molecule has 4 rings (SSSR count). The van der Waals surface area contributed by atoms with Crippen LogP contribution in [0, 0.1) is 0 Å². The van der Waals surface area contributed by atoms with Crippen molar-refractivity contribution in [3.8, 4) is 0 Å². The number of carbonyl (C=O) groups is 3. The first-order valence-corrected chi connectivity index (χ1v) is 15.0. The monoisotopic (exact) mass is 615 g/mol. The Bertz CT molecular complexity index is 1730. The molecule has 3 heterocycles. The summed E-state index contributed by atoms with van der Waals surface area (Å²) in [6.45, 7) is 1.72. The van der Waals surface area contributed by atoms with Crippen molar-refractivity contribution >= 4 is 27.7 Å².